The van der Waals surface area contributed by atoms with E-state index in [0.29, 0.717) is 30.0 Å². The van der Waals surface area contributed by atoms with Crippen molar-refractivity contribution in [2.45, 2.75) is 46.1 Å². The Morgan fingerprint density at radius 1 is 1.33 bits per heavy atom. The maximum atomic E-state index is 12.1. The molecule has 0 spiro atoms. The van der Waals surface area contributed by atoms with Crippen LogP contribution in [0.3, 0.4) is 0 Å². The highest BCUT2D eigenvalue weighted by Crippen LogP contribution is 2.29. The highest BCUT2D eigenvalue weighted by Gasteiger charge is 2.35. The van der Waals surface area contributed by atoms with Gasteiger partial charge in [-0.1, -0.05) is 38.8 Å². The first-order valence-corrected chi connectivity index (χ1v) is 9.23. The lowest BCUT2D eigenvalue weighted by Gasteiger charge is -2.28. The monoisotopic (exact) mass is 353 g/mol. The molecule has 0 N–H and O–H groups in total. The molecule has 2 rings (SSSR count). The summed E-state index contributed by atoms with van der Waals surface area (Å²) in [6.07, 6.45) is 2.76. The Morgan fingerprint density at radius 2 is 2.04 bits per heavy atom. The van der Waals surface area contributed by atoms with Crippen molar-refractivity contribution in [3.05, 3.63) is 29.3 Å². The number of halogens is 1. The van der Waals surface area contributed by atoms with E-state index >= 15 is 0 Å². The minimum Gasteiger partial charge on any atom is -0.490 e. The lowest BCUT2D eigenvalue weighted by molar-refractivity contribution is 0.0825. The van der Waals surface area contributed by atoms with Gasteiger partial charge in [0.05, 0.1) is 6.61 Å². The zero-order valence-electron chi connectivity index (χ0n) is 14.8. The van der Waals surface area contributed by atoms with E-state index in [-0.39, 0.29) is 12.2 Å². The zero-order chi connectivity index (χ0) is 17.5. The van der Waals surface area contributed by atoms with E-state index in [1.165, 1.54) is 0 Å². The van der Waals surface area contributed by atoms with Gasteiger partial charge in [0.1, 0.15) is 11.9 Å². The number of amides is 1. The van der Waals surface area contributed by atoms with E-state index in [0.717, 1.165) is 31.6 Å². The van der Waals surface area contributed by atoms with Crippen LogP contribution in [0.2, 0.25) is 5.02 Å². The van der Waals surface area contributed by atoms with Crippen molar-refractivity contribution >= 4 is 17.7 Å². The molecule has 0 bridgehead atoms. The third kappa shape index (κ3) is 5.30. The van der Waals surface area contributed by atoms with E-state index in [2.05, 4.69) is 20.8 Å². The predicted octanol–water partition coefficient (Wildman–Crippen LogP) is 5.00. The molecule has 24 heavy (non-hydrogen) atoms. The van der Waals surface area contributed by atoms with Crippen LogP contribution in [0.4, 0.5) is 4.79 Å². The normalized spacial score (nSPS) is 18.7. The van der Waals surface area contributed by atoms with E-state index in [4.69, 9.17) is 21.1 Å². The van der Waals surface area contributed by atoms with Gasteiger partial charge in [-0.2, -0.15) is 0 Å². The topological polar surface area (TPSA) is 38.8 Å². The molecule has 2 atom stereocenters. The molecule has 1 aliphatic rings. The largest absolute Gasteiger partial charge is 0.490 e. The summed E-state index contributed by atoms with van der Waals surface area (Å²) in [5.41, 5.74) is 0. The summed E-state index contributed by atoms with van der Waals surface area (Å²) in [7, 11) is 0. The summed E-state index contributed by atoms with van der Waals surface area (Å²) in [4.78, 5) is 13.9. The number of nitrogens with zero attached hydrogens (tertiary/aromatic N) is 1. The molecular formula is C19H28ClNO3. The average molecular weight is 354 g/mol. The van der Waals surface area contributed by atoms with E-state index in [1.807, 2.05) is 24.3 Å². The van der Waals surface area contributed by atoms with Crippen LogP contribution in [0.15, 0.2) is 24.3 Å². The smallest absolute Gasteiger partial charge is 0.409 e. The van der Waals surface area contributed by atoms with E-state index in [1.54, 1.807) is 4.90 Å². The van der Waals surface area contributed by atoms with Gasteiger partial charge in [-0.05, 0) is 43.0 Å². The van der Waals surface area contributed by atoms with E-state index in [9.17, 15) is 4.79 Å². The number of ether oxygens (including phenoxy) is 2. The van der Waals surface area contributed by atoms with Crippen LogP contribution < -0.4 is 4.74 Å². The molecule has 1 saturated heterocycles. The van der Waals surface area contributed by atoms with Gasteiger partial charge in [0.2, 0.25) is 0 Å². The van der Waals surface area contributed by atoms with Gasteiger partial charge < -0.3 is 14.4 Å². The highest BCUT2D eigenvalue weighted by atomic mass is 35.5. The first kappa shape index (κ1) is 18.9. The Hall–Kier alpha value is -1.42. The summed E-state index contributed by atoms with van der Waals surface area (Å²) < 4.78 is 11.5. The van der Waals surface area contributed by atoms with Crippen molar-refractivity contribution in [2.75, 3.05) is 19.7 Å². The summed E-state index contributed by atoms with van der Waals surface area (Å²) in [6.45, 7) is 8.34. The van der Waals surface area contributed by atoms with Gasteiger partial charge in [0.25, 0.3) is 0 Å². The van der Waals surface area contributed by atoms with Crippen LogP contribution in [0, 0.1) is 11.8 Å². The minimum atomic E-state index is -0.194. The number of unbranched alkanes of at least 4 members (excludes halogenated alkanes) is 1. The van der Waals surface area contributed by atoms with Gasteiger partial charge >= 0.3 is 6.09 Å². The third-order valence-corrected chi connectivity index (χ3v) is 4.67. The van der Waals surface area contributed by atoms with Crippen molar-refractivity contribution in [1.29, 1.82) is 0 Å². The van der Waals surface area contributed by atoms with Crippen molar-refractivity contribution in [3.8, 4) is 5.75 Å². The molecule has 0 saturated carbocycles. The van der Waals surface area contributed by atoms with Crippen LogP contribution in [0.1, 0.15) is 40.0 Å². The maximum absolute atomic E-state index is 12.1. The molecule has 1 aromatic rings. The number of hydrogen-bond acceptors (Lipinski definition) is 3. The van der Waals surface area contributed by atoms with Gasteiger partial charge in [-0.25, -0.2) is 4.79 Å². The van der Waals surface area contributed by atoms with Crippen molar-refractivity contribution < 1.29 is 14.3 Å². The average Bonchev–Trinajstić information content (AvgIpc) is 3.04. The fourth-order valence-electron chi connectivity index (χ4n) is 3.06. The van der Waals surface area contributed by atoms with Crippen LogP contribution in [-0.2, 0) is 4.74 Å². The second kappa shape index (κ2) is 9.16. The van der Waals surface area contributed by atoms with Gasteiger partial charge in [0, 0.05) is 24.0 Å². The zero-order valence-corrected chi connectivity index (χ0v) is 15.6. The molecule has 134 valence electrons. The van der Waals surface area contributed by atoms with Crippen molar-refractivity contribution in [2.24, 2.45) is 11.8 Å². The molecule has 0 aromatic heterocycles. The van der Waals surface area contributed by atoms with Gasteiger partial charge in [-0.3, -0.25) is 0 Å². The van der Waals surface area contributed by atoms with Crippen molar-refractivity contribution in [1.82, 2.24) is 4.90 Å². The number of likely N-dealkylation sites (tertiary alicyclic amines) is 1. The lowest BCUT2D eigenvalue weighted by atomic mass is 9.92. The molecule has 4 nitrogen and oxygen atoms in total. The molecule has 0 aliphatic carbocycles. The molecule has 0 radical (unpaired) electrons. The third-order valence-electron chi connectivity index (χ3n) is 4.41. The molecule has 1 heterocycles. The predicted molar refractivity (Wildman–Crippen MR) is 96.6 cm³/mol. The standard InChI is InChI=1S/C19H28ClNO3/c1-4-5-12-23-19(22)21-11-10-15(13-21)18(14(2)3)24-17-8-6-16(20)7-9-17/h6-9,14-15,18H,4-5,10-13H2,1-3H3/t15-,18-/m0/s1. The Labute approximate surface area is 150 Å². The number of rotatable bonds is 7. The molecule has 1 fully saturated rings. The summed E-state index contributed by atoms with van der Waals surface area (Å²) in [5, 5.41) is 0.699. The van der Waals surface area contributed by atoms with Gasteiger partial charge in [-0.15, -0.1) is 0 Å². The number of hydrogen-bond donors (Lipinski definition) is 0. The van der Waals surface area contributed by atoms with Crippen LogP contribution >= 0.6 is 11.6 Å². The van der Waals surface area contributed by atoms with Crippen molar-refractivity contribution in [3.63, 3.8) is 0 Å². The van der Waals surface area contributed by atoms with Crippen LogP contribution in [0.5, 0.6) is 5.75 Å². The quantitative estimate of drug-likeness (QED) is 0.647. The Balaban J connectivity index is 1.92. The first-order chi connectivity index (χ1) is 11.5. The fourth-order valence-corrected chi connectivity index (χ4v) is 3.19. The molecule has 0 unspecified atom stereocenters. The number of benzene rings is 1. The molecule has 1 aromatic carbocycles. The number of carbonyl (C=O) groups excluding carboxylic acids is 1. The summed E-state index contributed by atoms with van der Waals surface area (Å²) >= 11 is 5.93. The van der Waals surface area contributed by atoms with Gasteiger partial charge in [0.15, 0.2) is 0 Å². The molecule has 1 aliphatic heterocycles. The lowest BCUT2D eigenvalue weighted by Crippen LogP contribution is -2.36. The SMILES string of the molecule is CCCCOC(=O)N1CC[C@H]([C@@H](Oc2ccc(Cl)cc2)C(C)C)C1. The highest BCUT2D eigenvalue weighted by molar-refractivity contribution is 6.30. The molecule has 1 amide bonds. The number of carbonyl (C=O) groups is 1. The second-order valence-electron chi connectivity index (χ2n) is 6.74. The molecular weight excluding hydrogens is 326 g/mol. The Kier molecular flexibility index (Phi) is 7.22. The summed E-state index contributed by atoms with van der Waals surface area (Å²) in [5.74, 6) is 1.50. The van der Waals surface area contributed by atoms with Crippen LogP contribution in [0.25, 0.3) is 0 Å². The Morgan fingerprint density at radius 3 is 2.67 bits per heavy atom. The minimum absolute atomic E-state index is 0.0691. The van der Waals surface area contributed by atoms with E-state index < -0.39 is 0 Å². The maximum Gasteiger partial charge on any atom is 0.409 e. The molecule has 5 heteroatoms. The fraction of sp³-hybridized carbons (Fsp3) is 0.632. The second-order valence-corrected chi connectivity index (χ2v) is 7.18. The Bertz CT molecular complexity index is 518. The van der Waals surface area contributed by atoms with Crippen LogP contribution in [-0.4, -0.2) is 36.8 Å². The summed E-state index contributed by atoms with van der Waals surface area (Å²) in [6, 6.07) is 7.45. The first-order valence-electron chi connectivity index (χ1n) is 8.85.